The molecular formula is C20H20N2O6. The molecule has 8 nitrogen and oxygen atoms in total. The van der Waals surface area contributed by atoms with Crippen molar-refractivity contribution in [1.82, 2.24) is 5.16 Å². The molecule has 146 valence electrons. The van der Waals surface area contributed by atoms with Gasteiger partial charge in [-0.05, 0) is 36.4 Å². The fourth-order valence-electron chi connectivity index (χ4n) is 2.61. The highest BCUT2D eigenvalue weighted by Gasteiger charge is 2.12. The van der Waals surface area contributed by atoms with Crippen molar-refractivity contribution in [2.24, 2.45) is 5.16 Å². The summed E-state index contributed by atoms with van der Waals surface area (Å²) in [6, 6.07) is 12.5. The van der Waals surface area contributed by atoms with Gasteiger partial charge in [-0.1, -0.05) is 10.3 Å². The van der Waals surface area contributed by atoms with E-state index in [9.17, 15) is 0 Å². The summed E-state index contributed by atoms with van der Waals surface area (Å²) in [5, 5.41) is 15.7. The van der Waals surface area contributed by atoms with Crippen LogP contribution in [0.5, 0.6) is 23.0 Å². The zero-order chi connectivity index (χ0) is 19.9. The predicted molar refractivity (Wildman–Crippen MR) is 102 cm³/mol. The average molecular weight is 384 g/mol. The molecule has 3 rings (SSSR count). The molecule has 0 aliphatic carbocycles. The van der Waals surface area contributed by atoms with Crippen LogP contribution in [0.25, 0.3) is 11.3 Å². The molecule has 3 aromatic rings. The van der Waals surface area contributed by atoms with Crippen molar-refractivity contribution >= 4 is 6.21 Å². The minimum atomic E-state index is 0.171. The third kappa shape index (κ3) is 4.17. The maximum absolute atomic E-state index is 8.63. The first-order chi connectivity index (χ1) is 13.7. The highest BCUT2D eigenvalue weighted by Crippen LogP contribution is 2.32. The smallest absolute Gasteiger partial charge is 0.174 e. The van der Waals surface area contributed by atoms with E-state index >= 15 is 0 Å². The quantitative estimate of drug-likeness (QED) is 0.359. The van der Waals surface area contributed by atoms with E-state index in [0.29, 0.717) is 40.0 Å². The van der Waals surface area contributed by atoms with Crippen molar-refractivity contribution in [3.8, 4) is 34.3 Å². The van der Waals surface area contributed by atoms with Gasteiger partial charge in [-0.3, -0.25) is 0 Å². The summed E-state index contributed by atoms with van der Waals surface area (Å²) in [7, 11) is 4.70. The summed E-state index contributed by atoms with van der Waals surface area (Å²) < 4.78 is 27.0. The van der Waals surface area contributed by atoms with E-state index in [-0.39, 0.29) is 6.61 Å². The molecule has 2 aromatic carbocycles. The molecular weight excluding hydrogens is 364 g/mol. The normalized spacial score (nSPS) is 10.8. The number of oxime groups is 1. The number of nitrogens with zero attached hydrogens (tertiary/aromatic N) is 2. The van der Waals surface area contributed by atoms with E-state index < -0.39 is 0 Å². The van der Waals surface area contributed by atoms with Gasteiger partial charge in [0, 0.05) is 17.2 Å². The number of hydrogen-bond donors (Lipinski definition) is 1. The molecule has 0 spiro atoms. The van der Waals surface area contributed by atoms with Crippen LogP contribution in [0.2, 0.25) is 0 Å². The second-order valence-electron chi connectivity index (χ2n) is 5.69. The standard InChI is InChI=1S/C20H20N2O6/c1-24-17-7-5-14(9-20(17)26-3)16-10-15(28-22-16)12-27-18-6-4-13(11-21-23)8-19(18)25-2/h4-11,23H,12H2,1-3H3/b21-11+. The van der Waals surface area contributed by atoms with Gasteiger partial charge < -0.3 is 28.7 Å². The lowest BCUT2D eigenvalue weighted by Crippen LogP contribution is -1.97. The highest BCUT2D eigenvalue weighted by atomic mass is 16.5. The van der Waals surface area contributed by atoms with E-state index in [0.717, 1.165) is 5.56 Å². The van der Waals surface area contributed by atoms with Crippen LogP contribution < -0.4 is 18.9 Å². The Bertz CT molecular complexity index is 967. The highest BCUT2D eigenvalue weighted by molar-refractivity contribution is 5.80. The Hall–Kier alpha value is -3.68. The summed E-state index contributed by atoms with van der Waals surface area (Å²) in [6.45, 7) is 0.171. The Kier molecular flexibility index (Phi) is 6.01. The van der Waals surface area contributed by atoms with Crippen LogP contribution in [0, 0.1) is 0 Å². The van der Waals surface area contributed by atoms with E-state index in [4.69, 9.17) is 28.7 Å². The fraction of sp³-hybridized carbons (Fsp3) is 0.200. The first-order valence-electron chi connectivity index (χ1n) is 8.34. The van der Waals surface area contributed by atoms with Crippen LogP contribution in [0.3, 0.4) is 0 Å². The minimum absolute atomic E-state index is 0.171. The number of ether oxygens (including phenoxy) is 4. The molecule has 0 saturated carbocycles. The summed E-state index contributed by atoms with van der Waals surface area (Å²) >= 11 is 0. The van der Waals surface area contributed by atoms with Crippen molar-refractivity contribution < 1.29 is 28.7 Å². The molecule has 0 bridgehead atoms. The van der Waals surface area contributed by atoms with Crippen molar-refractivity contribution in [2.75, 3.05) is 21.3 Å². The molecule has 1 N–H and O–H groups in total. The Balaban J connectivity index is 1.73. The second-order valence-corrected chi connectivity index (χ2v) is 5.69. The Morgan fingerprint density at radius 1 is 0.929 bits per heavy atom. The largest absolute Gasteiger partial charge is 0.493 e. The lowest BCUT2D eigenvalue weighted by atomic mass is 10.1. The van der Waals surface area contributed by atoms with Gasteiger partial charge in [-0.15, -0.1) is 0 Å². The molecule has 0 unspecified atom stereocenters. The number of benzene rings is 2. The van der Waals surface area contributed by atoms with Crippen LogP contribution in [-0.4, -0.2) is 37.9 Å². The zero-order valence-corrected chi connectivity index (χ0v) is 15.7. The summed E-state index contributed by atoms with van der Waals surface area (Å²) in [4.78, 5) is 0. The monoisotopic (exact) mass is 384 g/mol. The van der Waals surface area contributed by atoms with Crippen LogP contribution in [-0.2, 0) is 6.61 Å². The molecule has 0 saturated heterocycles. The third-order valence-electron chi connectivity index (χ3n) is 4.00. The van der Waals surface area contributed by atoms with Gasteiger partial charge in [0.15, 0.2) is 28.8 Å². The summed E-state index contributed by atoms with van der Waals surface area (Å²) in [5.74, 6) is 2.84. The molecule has 0 atom stereocenters. The van der Waals surface area contributed by atoms with Gasteiger partial charge in [-0.25, -0.2) is 0 Å². The lowest BCUT2D eigenvalue weighted by molar-refractivity contribution is 0.239. The molecule has 1 heterocycles. The van der Waals surface area contributed by atoms with Gasteiger partial charge in [0.05, 0.1) is 27.5 Å². The molecule has 0 fully saturated rings. The van der Waals surface area contributed by atoms with E-state index in [1.54, 1.807) is 44.6 Å². The first-order valence-corrected chi connectivity index (χ1v) is 8.34. The Morgan fingerprint density at radius 2 is 1.64 bits per heavy atom. The number of methoxy groups -OCH3 is 3. The van der Waals surface area contributed by atoms with Gasteiger partial charge >= 0.3 is 0 Å². The van der Waals surface area contributed by atoms with Crippen LogP contribution in [0.4, 0.5) is 0 Å². The zero-order valence-electron chi connectivity index (χ0n) is 15.7. The molecule has 0 aliphatic heterocycles. The van der Waals surface area contributed by atoms with Gasteiger partial charge in [-0.2, -0.15) is 0 Å². The number of rotatable bonds is 8. The van der Waals surface area contributed by atoms with Crippen LogP contribution >= 0.6 is 0 Å². The maximum atomic E-state index is 8.63. The van der Waals surface area contributed by atoms with Gasteiger partial charge in [0.1, 0.15) is 12.3 Å². The second kappa shape index (κ2) is 8.81. The van der Waals surface area contributed by atoms with Crippen molar-refractivity contribution in [1.29, 1.82) is 0 Å². The Labute approximate surface area is 161 Å². The van der Waals surface area contributed by atoms with Crippen LogP contribution in [0.1, 0.15) is 11.3 Å². The predicted octanol–water partition coefficient (Wildman–Crippen LogP) is 3.75. The average Bonchev–Trinajstić information content (AvgIpc) is 3.21. The number of aromatic nitrogens is 1. The molecule has 28 heavy (non-hydrogen) atoms. The molecule has 0 radical (unpaired) electrons. The van der Waals surface area contributed by atoms with Crippen molar-refractivity contribution in [3.63, 3.8) is 0 Å². The van der Waals surface area contributed by atoms with E-state index in [1.807, 2.05) is 12.1 Å². The van der Waals surface area contributed by atoms with Gasteiger partial charge in [0.2, 0.25) is 0 Å². The first kappa shape index (κ1) is 19.1. The molecule has 0 aliphatic rings. The molecule has 0 amide bonds. The molecule has 8 heteroatoms. The number of hydrogen-bond acceptors (Lipinski definition) is 8. The Morgan fingerprint density at radius 3 is 2.36 bits per heavy atom. The SMILES string of the molecule is COc1ccc(-c2cc(COc3ccc(/C=N/O)cc3OC)on2)cc1OC. The lowest BCUT2D eigenvalue weighted by Gasteiger charge is -2.09. The van der Waals surface area contributed by atoms with Crippen LogP contribution in [0.15, 0.2) is 52.1 Å². The van der Waals surface area contributed by atoms with Gasteiger partial charge in [0.25, 0.3) is 0 Å². The molecule has 1 aromatic heterocycles. The maximum Gasteiger partial charge on any atom is 0.174 e. The van der Waals surface area contributed by atoms with Crippen molar-refractivity contribution in [2.45, 2.75) is 6.61 Å². The topological polar surface area (TPSA) is 95.5 Å². The summed E-state index contributed by atoms with van der Waals surface area (Å²) in [6.07, 6.45) is 1.30. The van der Waals surface area contributed by atoms with E-state index in [1.165, 1.54) is 13.3 Å². The minimum Gasteiger partial charge on any atom is -0.493 e. The van der Waals surface area contributed by atoms with Crippen molar-refractivity contribution in [3.05, 3.63) is 53.8 Å². The van der Waals surface area contributed by atoms with E-state index in [2.05, 4.69) is 10.3 Å². The third-order valence-corrected chi connectivity index (χ3v) is 4.00. The fourth-order valence-corrected chi connectivity index (χ4v) is 2.61. The summed E-state index contributed by atoms with van der Waals surface area (Å²) in [5.41, 5.74) is 2.17.